The minimum Gasteiger partial charge on any atom is -0.467 e. The maximum absolute atomic E-state index is 13.4. The molecule has 1 atom stereocenters. The Kier molecular flexibility index (Phi) is 6.03. The lowest BCUT2D eigenvalue weighted by Gasteiger charge is -2.14. The summed E-state index contributed by atoms with van der Waals surface area (Å²) in [4.78, 5) is 35.5. The second-order valence-electron chi connectivity index (χ2n) is 7.28. The molecule has 0 N–H and O–H groups in total. The van der Waals surface area contributed by atoms with Gasteiger partial charge in [0.1, 0.15) is 5.76 Å². The number of thiophene rings is 1. The van der Waals surface area contributed by atoms with Crippen molar-refractivity contribution in [3.63, 3.8) is 0 Å². The molecule has 34 heavy (non-hydrogen) atoms. The van der Waals surface area contributed by atoms with Gasteiger partial charge in [-0.1, -0.05) is 23.0 Å². The summed E-state index contributed by atoms with van der Waals surface area (Å²) in [5, 5.41) is 6.53. The highest BCUT2D eigenvalue weighted by Gasteiger charge is 2.22. The predicted molar refractivity (Wildman–Crippen MR) is 127 cm³/mol. The van der Waals surface area contributed by atoms with Crippen molar-refractivity contribution in [2.24, 2.45) is 0 Å². The smallest absolute Gasteiger partial charge is 0.337 e. The van der Waals surface area contributed by atoms with E-state index in [4.69, 9.17) is 18.7 Å². The molecule has 0 spiro atoms. The van der Waals surface area contributed by atoms with E-state index in [0.29, 0.717) is 39.1 Å². The van der Waals surface area contributed by atoms with Gasteiger partial charge in [0.15, 0.2) is 5.16 Å². The zero-order chi connectivity index (χ0) is 23.7. The van der Waals surface area contributed by atoms with Gasteiger partial charge in [0.2, 0.25) is 11.7 Å². The predicted octanol–water partition coefficient (Wildman–Crippen LogP) is 4.79. The SMILES string of the molecule is COC(=O)c1ccc2c(=O)n(Cc3ccco3)c(SC(C)c3nc(-c4cccs4)no3)nc2c1. The fraction of sp³-hybridized carbons (Fsp3) is 0.174. The summed E-state index contributed by atoms with van der Waals surface area (Å²) >= 11 is 2.83. The molecule has 0 amide bonds. The number of hydrogen-bond donors (Lipinski definition) is 0. The molecule has 1 unspecified atom stereocenters. The number of benzene rings is 1. The molecule has 4 aromatic heterocycles. The lowest BCUT2D eigenvalue weighted by Crippen LogP contribution is -2.24. The number of carbonyl (C=O) groups is 1. The van der Waals surface area contributed by atoms with Gasteiger partial charge in [-0.25, -0.2) is 9.78 Å². The molecule has 0 bridgehead atoms. The van der Waals surface area contributed by atoms with Gasteiger partial charge in [0.25, 0.3) is 5.56 Å². The Balaban J connectivity index is 1.55. The molecule has 0 aliphatic rings. The Morgan fingerprint density at radius 3 is 2.85 bits per heavy atom. The van der Waals surface area contributed by atoms with Crippen molar-refractivity contribution in [1.82, 2.24) is 19.7 Å². The van der Waals surface area contributed by atoms with Gasteiger partial charge in [-0.05, 0) is 48.7 Å². The fourth-order valence-electron chi connectivity index (χ4n) is 3.35. The maximum atomic E-state index is 13.4. The van der Waals surface area contributed by atoms with E-state index in [1.807, 2.05) is 24.4 Å². The van der Waals surface area contributed by atoms with Crippen LogP contribution in [-0.2, 0) is 11.3 Å². The number of ether oxygens (including phenoxy) is 1. The number of rotatable bonds is 7. The molecule has 1 aromatic carbocycles. The lowest BCUT2D eigenvalue weighted by molar-refractivity contribution is 0.0601. The zero-order valence-electron chi connectivity index (χ0n) is 18.1. The summed E-state index contributed by atoms with van der Waals surface area (Å²) in [5.41, 5.74) is 0.451. The first-order valence-electron chi connectivity index (χ1n) is 10.2. The number of hydrogen-bond acceptors (Lipinski definition) is 10. The van der Waals surface area contributed by atoms with Crippen molar-refractivity contribution in [3.8, 4) is 10.7 Å². The molecule has 0 aliphatic carbocycles. The van der Waals surface area contributed by atoms with Crippen molar-refractivity contribution >= 4 is 40.0 Å². The maximum Gasteiger partial charge on any atom is 0.337 e. The normalized spacial score (nSPS) is 12.2. The second-order valence-corrected chi connectivity index (χ2v) is 9.54. The number of esters is 1. The Hall–Kier alpha value is -3.70. The van der Waals surface area contributed by atoms with E-state index in [1.54, 1.807) is 36.6 Å². The molecule has 4 heterocycles. The van der Waals surface area contributed by atoms with Crippen LogP contribution in [0.25, 0.3) is 21.6 Å². The summed E-state index contributed by atoms with van der Waals surface area (Å²) in [7, 11) is 1.30. The Labute approximate surface area is 201 Å². The average Bonchev–Trinajstić information content (AvgIpc) is 3.62. The van der Waals surface area contributed by atoms with E-state index in [9.17, 15) is 9.59 Å². The third-order valence-corrected chi connectivity index (χ3v) is 6.99. The number of fused-ring (bicyclic) bond motifs is 1. The van der Waals surface area contributed by atoms with E-state index in [2.05, 4.69) is 10.1 Å². The molecule has 0 fully saturated rings. The molecular weight excluding hydrogens is 476 g/mol. The van der Waals surface area contributed by atoms with E-state index in [1.165, 1.54) is 34.8 Å². The molecule has 0 aliphatic heterocycles. The molecule has 5 aromatic rings. The van der Waals surface area contributed by atoms with Crippen molar-refractivity contribution in [2.45, 2.75) is 23.9 Å². The van der Waals surface area contributed by atoms with Gasteiger partial charge >= 0.3 is 5.97 Å². The minimum atomic E-state index is -0.502. The average molecular weight is 495 g/mol. The highest BCUT2D eigenvalue weighted by Crippen LogP contribution is 2.34. The Bertz CT molecular complexity index is 1510. The Morgan fingerprint density at radius 2 is 2.12 bits per heavy atom. The number of carbonyl (C=O) groups excluding carboxylic acids is 1. The van der Waals surface area contributed by atoms with E-state index < -0.39 is 5.97 Å². The lowest BCUT2D eigenvalue weighted by atomic mass is 10.1. The van der Waals surface area contributed by atoms with Gasteiger partial charge in [-0.15, -0.1) is 11.3 Å². The van der Waals surface area contributed by atoms with Crippen LogP contribution in [0.15, 0.2) is 73.0 Å². The number of aromatic nitrogens is 4. The van der Waals surface area contributed by atoms with Gasteiger partial charge in [0.05, 0.1) is 46.5 Å². The molecule has 5 rings (SSSR count). The summed E-state index contributed by atoms with van der Waals surface area (Å²) in [6, 6.07) is 12.1. The number of furan rings is 1. The number of nitrogens with zero attached hydrogens (tertiary/aromatic N) is 4. The van der Waals surface area contributed by atoms with Crippen LogP contribution in [0, 0.1) is 0 Å². The van der Waals surface area contributed by atoms with Crippen LogP contribution in [0.3, 0.4) is 0 Å². The zero-order valence-corrected chi connectivity index (χ0v) is 19.8. The highest BCUT2D eigenvalue weighted by atomic mass is 32.2. The van der Waals surface area contributed by atoms with Crippen LogP contribution in [0.2, 0.25) is 0 Å². The topological polar surface area (TPSA) is 113 Å². The van der Waals surface area contributed by atoms with Crippen LogP contribution in [-0.4, -0.2) is 32.8 Å². The van der Waals surface area contributed by atoms with Crippen LogP contribution in [0.4, 0.5) is 0 Å². The molecule has 0 saturated heterocycles. The summed E-state index contributed by atoms with van der Waals surface area (Å²) < 4.78 is 17.3. The number of thioether (sulfide) groups is 1. The Morgan fingerprint density at radius 1 is 1.24 bits per heavy atom. The van der Waals surface area contributed by atoms with Crippen LogP contribution < -0.4 is 5.56 Å². The molecule has 11 heteroatoms. The largest absolute Gasteiger partial charge is 0.467 e. The fourth-order valence-corrected chi connectivity index (χ4v) is 4.94. The summed E-state index contributed by atoms with van der Waals surface area (Å²) in [5.74, 6) is 1.04. The highest BCUT2D eigenvalue weighted by molar-refractivity contribution is 7.99. The van der Waals surface area contributed by atoms with E-state index in [-0.39, 0.29) is 17.4 Å². The van der Waals surface area contributed by atoms with Gasteiger partial charge in [-0.3, -0.25) is 9.36 Å². The summed E-state index contributed by atoms with van der Waals surface area (Å²) in [6.45, 7) is 2.10. The van der Waals surface area contributed by atoms with Crippen molar-refractivity contribution in [3.05, 3.63) is 81.7 Å². The van der Waals surface area contributed by atoms with Crippen molar-refractivity contribution < 1.29 is 18.5 Å². The molecule has 172 valence electrons. The molecule has 9 nitrogen and oxygen atoms in total. The van der Waals surface area contributed by atoms with Crippen molar-refractivity contribution in [1.29, 1.82) is 0 Å². The standard InChI is InChI=1S/C23H18N4O5S2/c1-13(20-25-19(26-32-20)18-6-4-10-33-18)34-23-24-17-11-14(22(29)30-2)7-8-16(17)21(28)27(23)12-15-5-3-9-31-15/h3-11,13H,12H2,1-2H3. The quantitative estimate of drug-likeness (QED) is 0.179. The van der Waals surface area contributed by atoms with E-state index in [0.717, 1.165) is 4.88 Å². The van der Waals surface area contributed by atoms with Gasteiger partial charge in [-0.2, -0.15) is 4.98 Å². The van der Waals surface area contributed by atoms with Crippen LogP contribution in [0.1, 0.15) is 34.2 Å². The molecular formula is C23H18N4O5S2. The number of methoxy groups -OCH3 is 1. The first kappa shape index (κ1) is 22.1. The first-order valence-corrected chi connectivity index (χ1v) is 12.0. The molecule has 0 radical (unpaired) electrons. The molecule has 0 saturated carbocycles. The van der Waals surface area contributed by atoms with Gasteiger partial charge in [0, 0.05) is 0 Å². The van der Waals surface area contributed by atoms with Gasteiger partial charge < -0.3 is 13.7 Å². The second kappa shape index (κ2) is 9.27. The summed E-state index contributed by atoms with van der Waals surface area (Å²) in [6.07, 6.45) is 1.55. The third-order valence-electron chi connectivity index (χ3n) is 5.05. The minimum absolute atomic E-state index is 0.201. The van der Waals surface area contributed by atoms with Crippen LogP contribution in [0.5, 0.6) is 0 Å². The van der Waals surface area contributed by atoms with E-state index >= 15 is 0 Å². The van der Waals surface area contributed by atoms with Crippen molar-refractivity contribution in [2.75, 3.05) is 7.11 Å². The van der Waals surface area contributed by atoms with Crippen LogP contribution >= 0.6 is 23.1 Å². The first-order chi connectivity index (χ1) is 16.5. The monoisotopic (exact) mass is 494 g/mol. The third kappa shape index (κ3) is 4.27.